The maximum absolute atomic E-state index is 13.4. The van der Waals surface area contributed by atoms with Crippen LogP contribution in [0.15, 0.2) is 54.7 Å². The summed E-state index contributed by atoms with van der Waals surface area (Å²) in [4.78, 5) is 21.7. The number of fused-ring (bicyclic) bond motifs is 1. The Labute approximate surface area is 201 Å². The molecular weight excluding hydrogens is 455 g/mol. The number of rotatable bonds is 5. The zero-order valence-corrected chi connectivity index (χ0v) is 19.4. The first kappa shape index (κ1) is 22.3. The fraction of sp³-hybridized carbons (Fsp3) is 0.280. The molecule has 2 N–H and O–H groups in total. The Morgan fingerprint density at radius 2 is 1.82 bits per heavy atom. The van der Waals surface area contributed by atoms with Crippen LogP contribution in [0.4, 0.5) is 10.2 Å². The SMILES string of the molecule is Cc1nc(NC2CCC(NC(=O)c3cccc(F)c3)CC2)c2cnn(-c3cccc(Cl)c3)c2n1. The summed E-state index contributed by atoms with van der Waals surface area (Å²) in [5.41, 5.74) is 1.89. The summed E-state index contributed by atoms with van der Waals surface area (Å²) >= 11 is 6.16. The zero-order chi connectivity index (χ0) is 23.7. The minimum atomic E-state index is -0.411. The largest absolute Gasteiger partial charge is 0.367 e. The summed E-state index contributed by atoms with van der Waals surface area (Å²) in [7, 11) is 0. The van der Waals surface area contributed by atoms with Crippen molar-refractivity contribution in [3.05, 3.63) is 77.0 Å². The number of benzene rings is 2. The van der Waals surface area contributed by atoms with E-state index in [2.05, 4.69) is 25.7 Å². The fourth-order valence-electron chi connectivity index (χ4n) is 4.40. The third-order valence-electron chi connectivity index (χ3n) is 6.08. The number of aryl methyl sites for hydroxylation is 1. The lowest BCUT2D eigenvalue weighted by molar-refractivity contribution is 0.0926. The Morgan fingerprint density at radius 3 is 2.59 bits per heavy atom. The van der Waals surface area contributed by atoms with Gasteiger partial charge in [-0.25, -0.2) is 19.0 Å². The van der Waals surface area contributed by atoms with Crippen LogP contribution < -0.4 is 10.6 Å². The molecule has 2 heterocycles. The normalized spacial score (nSPS) is 18.1. The molecule has 4 aromatic rings. The first-order valence-electron chi connectivity index (χ1n) is 11.3. The Morgan fingerprint density at radius 1 is 1.06 bits per heavy atom. The van der Waals surface area contributed by atoms with Gasteiger partial charge in [0.05, 0.1) is 17.3 Å². The van der Waals surface area contributed by atoms with Gasteiger partial charge in [-0.2, -0.15) is 5.10 Å². The van der Waals surface area contributed by atoms with Gasteiger partial charge in [0.25, 0.3) is 5.91 Å². The van der Waals surface area contributed by atoms with Crippen molar-refractivity contribution in [1.29, 1.82) is 0 Å². The number of anilines is 1. The van der Waals surface area contributed by atoms with Gasteiger partial charge in [-0.3, -0.25) is 4.79 Å². The molecule has 1 saturated carbocycles. The van der Waals surface area contributed by atoms with Crippen LogP contribution in [-0.2, 0) is 0 Å². The monoisotopic (exact) mass is 478 g/mol. The van der Waals surface area contributed by atoms with Crippen LogP contribution in [0.5, 0.6) is 0 Å². The molecule has 1 aliphatic carbocycles. The Bertz CT molecular complexity index is 1350. The molecule has 0 spiro atoms. The lowest BCUT2D eigenvalue weighted by atomic mass is 9.91. The summed E-state index contributed by atoms with van der Waals surface area (Å²) in [6.45, 7) is 1.86. The molecule has 34 heavy (non-hydrogen) atoms. The van der Waals surface area contributed by atoms with E-state index < -0.39 is 5.82 Å². The maximum atomic E-state index is 13.4. The number of hydrogen-bond donors (Lipinski definition) is 2. The molecule has 0 unspecified atom stereocenters. The van der Waals surface area contributed by atoms with Gasteiger partial charge in [0.2, 0.25) is 0 Å². The second-order valence-corrected chi connectivity index (χ2v) is 9.01. The quantitative estimate of drug-likeness (QED) is 0.418. The topological polar surface area (TPSA) is 84.7 Å². The number of carbonyl (C=O) groups is 1. The third-order valence-corrected chi connectivity index (χ3v) is 6.32. The van der Waals surface area contributed by atoms with Gasteiger partial charge in [0.1, 0.15) is 17.5 Å². The average Bonchev–Trinajstić information content (AvgIpc) is 3.24. The summed E-state index contributed by atoms with van der Waals surface area (Å²) in [6, 6.07) is 13.5. The number of hydrogen-bond acceptors (Lipinski definition) is 5. The zero-order valence-electron chi connectivity index (χ0n) is 18.6. The number of nitrogens with zero attached hydrogens (tertiary/aromatic N) is 4. The molecule has 1 aliphatic rings. The average molecular weight is 479 g/mol. The highest BCUT2D eigenvalue weighted by Crippen LogP contribution is 2.27. The molecule has 0 aliphatic heterocycles. The van der Waals surface area contributed by atoms with Crippen LogP contribution in [0.1, 0.15) is 41.9 Å². The van der Waals surface area contributed by atoms with Crippen LogP contribution in [0.3, 0.4) is 0 Å². The second-order valence-electron chi connectivity index (χ2n) is 8.57. The molecule has 1 amide bonds. The predicted octanol–water partition coefficient (Wildman–Crippen LogP) is 5.07. The molecule has 174 valence electrons. The van der Waals surface area contributed by atoms with E-state index in [9.17, 15) is 9.18 Å². The van der Waals surface area contributed by atoms with Gasteiger partial charge in [-0.1, -0.05) is 23.7 Å². The molecule has 0 bridgehead atoms. The predicted molar refractivity (Wildman–Crippen MR) is 130 cm³/mol. The molecule has 2 aromatic carbocycles. The molecule has 1 fully saturated rings. The Hall–Kier alpha value is -3.52. The number of nitrogens with one attached hydrogen (secondary N) is 2. The minimum Gasteiger partial charge on any atom is -0.367 e. The number of carbonyl (C=O) groups excluding carboxylic acids is 1. The van der Waals surface area contributed by atoms with Crippen LogP contribution in [0.25, 0.3) is 16.7 Å². The van der Waals surface area contributed by atoms with E-state index >= 15 is 0 Å². The molecule has 9 heteroatoms. The van der Waals surface area contributed by atoms with Crippen molar-refractivity contribution in [2.24, 2.45) is 0 Å². The molecule has 2 aromatic heterocycles. The molecule has 0 radical (unpaired) electrons. The molecular formula is C25H24ClFN6O. The number of aromatic nitrogens is 4. The minimum absolute atomic E-state index is 0.0616. The van der Waals surface area contributed by atoms with Crippen LogP contribution >= 0.6 is 11.6 Å². The van der Waals surface area contributed by atoms with Crippen molar-refractivity contribution in [3.63, 3.8) is 0 Å². The summed E-state index contributed by atoms with van der Waals surface area (Å²) < 4.78 is 15.2. The van der Waals surface area contributed by atoms with Gasteiger partial charge in [0, 0.05) is 22.7 Å². The summed E-state index contributed by atoms with van der Waals surface area (Å²) in [6.07, 6.45) is 5.17. The van der Waals surface area contributed by atoms with Crippen molar-refractivity contribution in [3.8, 4) is 5.69 Å². The van der Waals surface area contributed by atoms with E-state index in [1.165, 1.54) is 12.1 Å². The van der Waals surface area contributed by atoms with E-state index in [0.717, 1.165) is 42.6 Å². The smallest absolute Gasteiger partial charge is 0.251 e. The van der Waals surface area contributed by atoms with E-state index in [1.54, 1.807) is 23.0 Å². The van der Waals surface area contributed by atoms with Crippen LogP contribution in [0.2, 0.25) is 5.02 Å². The Kier molecular flexibility index (Phi) is 6.15. The third kappa shape index (κ3) is 4.72. The van der Waals surface area contributed by atoms with Gasteiger partial charge in [-0.05, 0) is 69.0 Å². The van der Waals surface area contributed by atoms with Crippen molar-refractivity contribution >= 4 is 34.4 Å². The first-order valence-corrected chi connectivity index (χ1v) is 11.7. The molecule has 5 rings (SSSR count). The lowest BCUT2D eigenvalue weighted by Gasteiger charge is -2.30. The highest BCUT2D eigenvalue weighted by Gasteiger charge is 2.24. The number of amides is 1. The van der Waals surface area contributed by atoms with Crippen molar-refractivity contribution in [2.75, 3.05) is 5.32 Å². The van der Waals surface area contributed by atoms with Gasteiger partial charge >= 0.3 is 0 Å². The highest BCUT2D eigenvalue weighted by molar-refractivity contribution is 6.30. The second kappa shape index (κ2) is 9.38. The first-order chi connectivity index (χ1) is 16.5. The van der Waals surface area contributed by atoms with Gasteiger partial charge in [0.15, 0.2) is 5.65 Å². The van der Waals surface area contributed by atoms with Crippen molar-refractivity contribution in [2.45, 2.75) is 44.7 Å². The molecule has 0 saturated heterocycles. The van der Waals surface area contributed by atoms with E-state index in [4.69, 9.17) is 11.6 Å². The van der Waals surface area contributed by atoms with Gasteiger partial charge in [-0.15, -0.1) is 0 Å². The van der Waals surface area contributed by atoms with Crippen LogP contribution in [0, 0.1) is 12.7 Å². The van der Waals surface area contributed by atoms with E-state index in [-0.39, 0.29) is 18.0 Å². The standard InChI is InChI=1S/C25H24ClFN6O/c1-15-29-23(22-14-28-33(24(22)30-15)21-7-3-5-17(26)13-21)31-19-8-10-20(11-9-19)32-25(34)16-4-2-6-18(27)12-16/h2-7,12-14,19-20H,8-11H2,1H3,(H,32,34)(H,29,30,31). The van der Waals surface area contributed by atoms with Crippen molar-refractivity contribution < 1.29 is 9.18 Å². The molecule has 7 nitrogen and oxygen atoms in total. The van der Waals surface area contributed by atoms with Crippen molar-refractivity contribution in [1.82, 2.24) is 25.1 Å². The highest BCUT2D eigenvalue weighted by atomic mass is 35.5. The van der Waals surface area contributed by atoms with Gasteiger partial charge < -0.3 is 10.6 Å². The summed E-state index contributed by atoms with van der Waals surface area (Å²) in [5.74, 6) is 0.751. The van der Waals surface area contributed by atoms with E-state index in [1.807, 2.05) is 31.2 Å². The lowest BCUT2D eigenvalue weighted by Crippen LogP contribution is -2.40. The Balaban J connectivity index is 1.27. The van der Waals surface area contributed by atoms with Crippen LogP contribution in [-0.4, -0.2) is 37.7 Å². The van der Waals surface area contributed by atoms with E-state index in [0.29, 0.717) is 22.1 Å². The fourth-order valence-corrected chi connectivity index (χ4v) is 4.58. The molecule has 0 atom stereocenters. The maximum Gasteiger partial charge on any atom is 0.251 e. The summed E-state index contributed by atoms with van der Waals surface area (Å²) in [5, 5.41) is 12.6. The number of halogens is 2.